The van der Waals surface area contributed by atoms with Gasteiger partial charge in [-0.05, 0) is 79.7 Å². The maximum Gasteiger partial charge on any atom is 0.113 e. The second-order valence-electron chi connectivity index (χ2n) is 10.4. The summed E-state index contributed by atoms with van der Waals surface area (Å²) in [6, 6.07) is 50.7. The number of halogens is 1. The zero-order chi connectivity index (χ0) is 28.0. The monoisotopic (exact) mass is 557 g/mol. The van der Waals surface area contributed by atoms with Crippen molar-refractivity contribution >= 4 is 44.2 Å². The third-order valence-electron chi connectivity index (χ3n) is 7.92. The normalized spacial score (nSPS) is 11.5. The number of hydrogen-bond donors (Lipinski definition) is 0. The Labute approximate surface area is 248 Å². The summed E-state index contributed by atoms with van der Waals surface area (Å²) in [5, 5.41) is 15.1. The summed E-state index contributed by atoms with van der Waals surface area (Å²) < 4.78 is 0. The van der Waals surface area contributed by atoms with E-state index >= 15 is 0 Å². The van der Waals surface area contributed by atoms with Crippen LogP contribution in [0.15, 0.2) is 146 Å². The largest absolute Gasteiger partial charge is 0.150 e. The molecule has 1 heterocycles. The van der Waals surface area contributed by atoms with Crippen LogP contribution in [0.25, 0.3) is 71.6 Å². The number of rotatable bonds is 4. The number of benzene rings is 7. The lowest BCUT2D eigenvalue weighted by atomic mass is 9.85. The Morgan fingerprint density at radius 3 is 1.57 bits per heavy atom. The molecule has 3 nitrogen and oxygen atoms in total. The van der Waals surface area contributed by atoms with Crippen LogP contribution < -0.4 is 0 Å². The second kappa shape index (κ2) is 9.99. The summed E-state index contributed by atoms with van der Waals surface area (Å²) in [7, 11) is 0. The van der Waals surface area contributed by atoms with Gasteiger partial charge in [0, 0.05) is 10.6 Å². The molecule has 0 aliphatic carbocycles. The van der Waals surface area contributed by atoms with E-state index in [1.165, 1.54) is 43.8 Å². The van der Waals surface area contributed by atoms with E-state index in [2.05, 4.69) is 109 Å². The average molecular weight is 558 g/mol. The minimum absolute atomic E-state index is 0.637. The third kappa shape index (κ3) is 4.06. The molecule has 0 N–H and O–H groups in total. The summed E-state index contributed by atoms with van der Waals surface area (Å²) in [6.45, 7) is 0. The number of fused-ring (bicyclic) bond motifs is 3. The van der Waals surface area contributed by atoms with E-state index in [9.17, 15) is 0 Å². The van der Waals surface area contributed by atoms with Gasteiger partial charge in [-0.1, -0.05) is 127 Å². The summed E-state index contributed by atoms with van der Waals surface area (Å²) in [4.78, 5) is 1.70. The van der Waals surface area contributed by atoms with Crippen LogP contribution in [0.3, 0.4) is 0 Å². The SMILES string of the molecule is Clc1ccc(-c2ccc3c(-c4ccccc4)c4ccccc4c(-c4ccccc4)c3c2)c(-n2nc3ccccc3n2)c1. The highest BCUT2D eigenvalue weighted by atomic mass is 35.5. The van der Waals surface area contributed by atoms with E-state index in [0.717, 1.165) is 27.8 Å². The first-order valence-corrected chi connectivity index (χ1v) is 14.3. The molecule has 0 fully saturated rings. The van der Waals surface area contributed by atoms with E-state index in [0.29, 0.717) is 5.02 Å². The molecule has 8 aromatic rings. The Hall–Kier alpha value is -5.25. The van der Waals surface area contributed by atoms with Crippen molar-refractivity contribution in [2.45, 2.75) is 0 Å². The third-order valence-corrected chi connectivity index (χ3v) is 8.16. The van der Waals surface area contributed by atoms with Crippen molar-refractivity contribution in [1.29, 1.82) is 0 Å². The number of nitrogens with zero attached hydrogens (tertiary/aromatic N) is 3. The summed E-state index contributed by atoms with van der Waals surface area (Å²) in [5.41, 5.74) is 9.45. The predicted molar refractivity (Wildman–Crippen MR) is 175 cm³/mol. The van der Waals surface area contributed by atoms with Gasteiger partial charge in [-0.2, -0.15) is 0 Å². The molecule has 0 atom stereocenters. The van der Waals surface area contributed by atoms with Crippen LogP contribution in [0.5, 0.6) is 0 Å². The van der Waals surface area contributed by atoms with Crippen LogP contribution in [0.4, 0.5) is 0 Å². The number of hydrogen-bond acceptors (Lipinski definition) is 2. The van der Waals surface area contributed by atoms with Gasteiger partial charge in [0.1, 0.15) is 11.0 Å². The molecule has 0 saturated heterocycles. The van der Waals surface area contributed by atoms with Gasteiger partial charge in [-0.3, -0.25) is 0 Å². The van der Waals surface area contributed by atoms with Crippen molar-refractivity contribution in [3.63, 3.8) is 0 Å². The average Bonchev–Trinajstić information content (AvgIpc) is 3.49. The highest BCUT2D eigenvalue weighted by Gasteiger charge is 2.19. The quantitative estimate of drug-likeness (QED) is 0.201. The molecule has 0 unspecified atom stereocenters. The van der Waals surface area contributed by atoms with Crippen molar-refractivity contribution in [3.05, 3.63) is 151 Å². The van der Waals surface area contributed by atoms with Crippen molar-refractivity contribution in [1.82, 2.24) is 15.0 Å². The van der Waals surface area contributed by atoms with Gasteiger partial charge in [0.2, 0.25) is 0 Å². The molecule has 1 aromatic heterocycles. The molecule has 8 rings (SSSR count). The first kappa shape index (κ1) is 24.5. The van der Waals surface area contributed by atoms with E-state index in [1.807, 2.05) is 36.4 Å². The van der Waals surface area contributed by atoms with E-state index in [-0.39, 0.29) is 0 Å². The van der Waals surface area contributed by atoms with Crippen LogP contribution in [-0.4, -0.2) is 15.0 Å². The highest BCUT2D eigenvalue weighted by molar-refractivity contribution is 6.31. The highest BCUT2D eigenvalue weighted by Crippen LogP contribution is 2.45. The Morgan fingerprint density at radius 2 is 0.952 bits per heavy atom. The lowest BCUT2D eigenvalue weighted by molar-refractivity contribution is 0.767. The predicted octanol–water partition coefficient (Wildman–Crippen LogP) is 10.4. The van der Waals surface area contributed by atoms with E-state index in [1.54, 1.807) is 4.80 Å². The van der Waals surface area contributed by atoms with Gasteiger partial charge >= 0.3 is 0 Å². The van der Waals surface area contributed by atoms with E-state index < -0.39 is 0 Å². The Bertz CT molecular complexity index is 2220. The fourth-order valence-corrected chi connectivity index (χ4v) is 6.23. The smallest absolute Gasteiger partial charge is 0.113 e. The summed E-state index contributed by atoms with van der Waals surface area (Å²) >= 11 is 6.54. The lowest BCUT2D eigenvalue weighted by Crippen LogP contribution is -2.01. The minimum Gasteiger partial charge on any atom is -0.150 e. The van der Waals surface area contributed by atoms with Crippen molar-refractivity contribution in [3.8, 4) is 39.1 Å². The Morgan fingerprint density at radius 1 is 0.429 bits per heavy atom. The van der Waals surface area contributed by atoms with Crippen LogP contribution in [-0.2, 0) is 0 Å². The molecule has 0 aliphatic rings. The van der Waals surface area contributed by atoms with Gasteiger partial charge in [0.25, 0.3) is 0 Å². The molecule has 0 aliphatic heterocycles. The molecule has 4 heteroatoms. The molecule has 0 amide bonds. The topological polar surface area (TPSA) is 30.7 Å². The Balaban J connectivity index is 1.46. The van der Waals surface area contributed by atoms with Crippen LogP contribution in [0.1, 0.15) is 0 Å². The van der Waals surface area contributed by atoms with Crippen molar-refractivity contribution in [2.24, 2.45) is 0 Å². The van der Waals surface area contributed by atoms with Gasteiger partial charge in [-0.15, -0.1) is 15.0 Å². The zero-order valence-electron chi connectivity index (χ0n) is 22.6. The first-order valence-electron chi connectivity index (χ1n) is 14.0. The Kier molecular flexibility index (Phi) is 5.83. The minimum atomic E-state index is 0.637. The first-order chi connectivity index (χ1) is 20.7. The molecule has 0 bridgehead atoms. The molecule has 7 aromatic carbocycles. The fraction of sp³-hybridized carbons (Fsp3) is 0. The van der Waals surface area contributed by atoms with Gasteiger partial charge < -0.3 is 0 Å². The van der Waals surface area contributed by atoms with Gasteiger partial charge in [0.15, 0.2) is 0 Å². The maximum absolute atomic E-state index is 6.54. The van der Waals surface area contributed by atoms with Crippen molar-refractivity contribution < 1.29 is 0 Å². The van der Waals surface area contributed by atoms with Crippen LogP contribution in [0.2, 0.25) is 5.02 Å². The standard InChI is InChI=1S/C38H24ClN3/c39-28-20-22-29(36(24-28)42-40-34-17-9-10-18-35(34)41-42)27-19-21-32-33(23-27)38(26-13-5-2-6-14-26)31-16-8-7-15-30(31)37(32)25-11-3-1-4-12-25/h1-24H. The molecular formula is C38H24ClN3. The van der Waals surface area contributed by atoms with Crippen molar-refractivity contribution in [2.75, 3.05) is 0 Å². The van der Waals surface area contributed by atoms with Gasteiger partial charge in [-0.25, -0.2) is 0 Å². The van der Waals surface area contributed by atoms with Crippen LogP contribution >= 0.6 is 11.6 Å². The van der Waals surface area contributed by atoms with E-state index in [4.69, 9.17) is 21.8 Å². The summed E-state index contributed by atoms with van der Waals surface area (Å²) in [6.07, 6.45) is 0. The fourth-order valence-electron chi connectivity index (χ4n) is 6.06. The van der Waals surface area contributed by atoms with Crippen LogP contribution in [0, 0.1) is 0 Å². The molecule has 0 radical (unpaired) electrons. The van der Waals surface area contributed by atoms with Gasteiger partial charge in [0.05, 0.1) is 5.69 Å². The summed E-state index contributed by atoms with van der Waals surface area (Å²) in [5.74, 6) is 0. The molecule has 42 heavy (non-hydrogen) atoms. The maximum atomic E-state index is 6.54. The molecule has 0 spiro atoms. The molecular weight excluding hydrogens is 534 g/mol. The number of aromatic nitrogens is 3. The lowest BCUT2D eigenvalue weighted by Gasteiger charge is -2.19. The molecule has 0 saturated carbocycles. The molecule has 198 valence electrons. The zero-order valence-corrected chi connectivity index (χ0v) is 23.3. The second-order valence-corrected chi connectivity index (χ2v) is 10.9.